The van der Waals surface area contributed by atoms with Crippen molar-refractivity contribution in [1.29, 1.82) is 0 Å². The fourth-order valence-corrected chi connectivity index (χ4v) is 4.32. The second-order valence-corrected chi connectivity index (χ2v) is 7.98. The molecule has 1 aromatic heterocycles. The van der Waals surface area contributed by atoms with Crippen molar-refractivity contribution in [3.05, 3.63) is 95.8 Å². The summed E-state index contributed by atoms with van der Waals surface area (Å²) in [6.07, 6.45) is -4.25. The van der Waals surface area contributed by atoms with Crippen molar-refractivity contribution in [2.45, 2.75) is 25.1 Å². The summed E-state index contributed by atoms with van der Waals surface area (Å²) in [6.45, 7) is 0.892. The molecule has 3 aromatic carbocycles. The number of hydrogen-bond acceptors (Lipinski definition) is 2. The number of carbonyl (C=O) groups is 1. The summed E-state index contributed by atoms with van der Waals surface area (Å²) < 4.78 is 41.6. The van der Waals surface area contributed by atoms with Gasteiger partial charge >= 0.3 is 6.18 Å². The SMILES string of the molecule is O=C1C[C@@H](c2nc3ccccc3n2Cc2ccccc2)CN1c1cccc(C(F)(F)F)c1. The normalized spacial score (nSPS) is 16.8. The van der Waals surface area contributed by atoms with Crippen molar-refractivity contribution in [2.75, 3.05) is 11.4 Å². The quantitative estimate of drug-likeness (QED) is 0.417. The summed E-state index contributed by atoms with van der Waals surface area (Å²) in [5.41, 5.74) is 2.41. The molecule has 1 fully saturated rings. The van der Waals surface area contributed by atoms with Gasteiger partial charge in [0.2, 0.25) is 5.91 Å². The number of nitrogens with zero attached hydrogens (tertiary/aromatic N) is 3. The van der Waals surface area contributed by atoms with Crippen LogP contribution in [0.15, 0.2) is 78.9 Å². The van der Waals surface area contributed by atoms with E-state index in [4.69, 9.17) is 4.98 Å². The lowest BCUT2D eigenvalue weighted by Gasteiger charge is -2.19. The van der Waals surface area contributed by atoms with Gasteiger partial charge in [-0.05, 0) is 35.9 Å². The fourth-order valence-electron chi connectivity index (χ4n) is 4.32. The summed E-state index contributed by atoms with van der Waals surface area (Å²) in [5.74, 6) is 0.360. The number of aromatic nitrogens is 2. The number of carbonyl (C=O) groups excluding carboxylic acids is 1. The zero-order valence-corrected chi connectivity index (χ0v) is 17.1. The van der Waals surface area contributed by atoms with Crippen LogP contribution in [0.4, 0.5) is 18.9 Å². The highest BCUT2D eigenvalue weighted by atomic mass is 19.4. The first-order valence-corrected chi connectivity index (χ1v) is 10.4. The highest BCUT2D eigenvalue weighted by molar-refractivity contribution is 5.96. The van der Waals surface area contributed by atoms with Gasteiger partial charge in [-0.1, -0.05) is 48.5 Å². The Labute approximate surface area is 182 Å². The number of imidazole rings is 1. The molecule has 1 aliphatic heterocycles. The van der Waals surface area contributed by atoms with Crippen LogP contribution in [0, 0.1) is 0 Å². The molecule has 0 unspecified atom stereocenters. The van der Waals surface area contributed by atoms with Crippen molar-refractivity contribution in [1.82, 2.24) is 9.55 Å². The van der Waals surface area contributed by atoms with Gasteiger partial charge in [0.25, 0.3) is 0 Å². The summed E-state index contributed by atoms with van der Waals surface area (Å²) in [6, 6.07) is 22.7. The van der Waals surface area contributed by atoms with E-state index in [1.165, 1.54) is 11.0 Å². The third-order valence-electron chi connectivity index (χ3n) is 5.84. The van der Waals surface area contributed by atoms with Crippen molar-refractivity contribution in [3.8, 4) is 0 Å². The molecule has 0 radical (unpaired) electrons. The van der Waals surface area contributed by atoms with Crippen molar-refractivity contribution < 1.29 is 18.0 Å². The van der Waals surface area contributed by atoms with Gasteiger partial charge in [0, 0.05) is 31.1 Å². The standard InChI is InChI=1S/C25H20F3N3O/c26-25(27,28)19-9-6-10-20(14-19)30-16-18(13-23(30)32)24-29-21-11-4-5-12-22(21)31(24)15-17-7-2-1-3-8-17/h1-12,14,18H,13,15-16H2/t18-/m1/s1. The van der Waals surface area contributed by atoms with Crippen molar-refractivity contribution in [3.63, 3.8) is 0 Å². The van der Waals surface area contributed by atoms with E-state index in [0.29, 0.717) is 6.54 Å². The van der Waals surface area contributed by atoms with Gasteiger partial charge in [-0.25, -0.2) is 4.98 Å². The smallest absolute Gasteiger partial charge is 0.323 e. The first kappa shape index (κ1) is 20.3. The van der Waals surface area contributed by atoms with E-state index < -0.39 is 11.7 Å². The maximum Gasteiger partial charge on any atom is 0.416 e. The summed E-state index contributed by atoms with van der Waals surface area (Å²) in [4.78, 5) is 19.1. The first-order chi connectivity index (χ1) is 15.4. The largest absolute Gasteiger partial charge is 0.416 e. The molecule has 0 aliphatic carbocycles. The van der Waals surface area contributed by atoms with Crippen LogP contribution in [0.1, 0.15) is 29.3 Å². The van der Waals surface area contributed by atoms with Crippen LogP contribution in [-0.2, 0) is 17.5 Å². The minimum atomic E-state index is -4.46. The van der Waals surface area contributed by atoms with Crippen LogP contribution < -0.4 is 4.90 Å². The predicted octanol–water partition coefficient (Wildman–Crippen LogP) is 5.62. The number of anilines is 1. The highest BCUT2D eigenvalue weighted by Gasteiger charge is 2.36. The molecule has 0 N–H and O–H groups in total. The van der Waals surface area contributed by atoms with Gasteiger partial charge in [-0.3, -0.25) is 4.79 Å². The van der Waals surface area contributed by atoms with Gasteiger partial charge in [-0.15, -0.1) is 0 Å². The second kappa shape index (κ2) is 7.82. The maximum absolute atomic E-state index is 13.2. The molecule has 4 aromatic rings. The average Bonchev–Trinajstić information content (AvgIpc) is 3.35. The summed E-state index contributed by atoms with van der Waals surface area (Å²) >= 11 is 0. The molecular weight excluding hydrogens is 415 g/mol. The predicted molar refractivity (Wildman–Crippen MR) is 116 cm³/mol. The van der Waals surface area contributed by atoms with E-state index in [1.54, 1.807) is 6.07 Å². The van der Waals surface area contributed by atoms with E-state index in [0.717, 1.165) is 34.6 Å². The van der Waals surface area contributed by atoms with Gasteiger partial charge in [0.15, 0.2) is 0 Å². The van der Waals surface area contributed by atoms with Crippen LogP contribution in [0.5, 0.6) is 0 Å². The van der Waals surface area contributed by atoms with Gasteiger partial charge in [0.1, 0.15) is 5.82 Å². The molecule has 1 amide bonds. The highest BCUT2D eigenvalue weighted by Crippen LogP contribution is 2.36. The Morgan fingerprint density at radius 3 is 2.47 bits per heavy atom. The Morgan fingerprint density at radius 2 is 1.69 bits per heavy atom. The van der Waals surface area contributed by atoms with E-state index in [2.05, 4.69) is 4.57 Å². The van der Waals surface area contributed by atoms with Gasteiger partial charge < -0.3 is 9.47 Å². The second-order valence-electron chi connectivity index (χ2n) is 7.98. The molecule has 7 heteroatoms. The number of benzene rings is 3. The van der Waals surface area contributed by atoms with Gasteiger partial charge in [-0.2, -0.15) is 13.2 Å². The summed E-state index contributed by atoms with van der Waals surface area (Å²) in [7, 11) is 0. The average molecular weight is 435 g/mol. The Hall–Kier alpha value is -3.61. The zero-order valence-electron chi connectivity index (χ0n) is 17.1. The lowest BCUT2D eigenvalue weighted by atomic mass is 10.1. The Bertz CT molecular complexity index is 1280. The monoisotopic (exact) mass is 435 g/mol. The number of amides is 1. The summed E-state index contributed by atoms with van der Waals surface area (Å²) in [5, 5.41) is 0. The van der Waals surface area contributed by atoms with Crippen molar-refractivity contribution in [2.24, 2.45) is 0 Å². The molecule has 1 saturated heterocycles. The van der Waals surface area contributed by atoms with Crippen LogP contribution in [0.25, 0.3) is 11.0 Å². The molecule has 0 spiro atoms. The zero-order chi connectivity index (χ0) is 22.3. The maximum atomic E-state index is 13.2. The third-order valence-corrected chi connectivity index (χ3v) is 5.84. The molecule has 162 valence electrons. The molecule has 5 rings (SSSR count). The van der Waals surface area contributed by atoms with Crippen LogP contribution in [-0.4, -0.2) is 22.0 Å². The number of rotatable bonds is 4. The lowest BCUT2D eigenvalue weighted by Crippen LogP contribution is -2.25. The van der Waals surface area contributed by atoms with Crippen LogP contribution >= 0.6 is 0 Å². The number of halogens is 3. The number of fused-ring (bicyclic) bond motifs is 1. The first-order valence-electron chi connectivity index (χ1n) is 10.4. The Morgan fingerprint density at radius 1 is 0.938 bits per heavy atom. The van der Waals surface area contributed by atoms with Gasteiger partial charge in [0.05, 0.1) is 16.6 Å². The number of para-hydroxylation sites is 2. The van der Waals surface area contributed by atoms with Crippen molar-refractivity contribution >= 4 is 22.6 Å². The molecule has 1 aliphatic rings. The number of hydrogen-bond donors (Lipinski definition) is 0. The topological polar surface area (TPSA) is 38.1 Å². The van der Waals surface area contributed by atoms with E-state index >= 15 is 0 Å². The Kier molecular flexibility index (Phi) is 4.96. The fraction of sp³-hybridized carbons (Fsp3) is 0.200. The van der Waals surface area contributed by atoms with E-state index in [1.807, 2.05) is 54.6 Å². The number of alkyl halides is 3. The van der Waals surface area contributed by atoms with Crippen LogP contribution in [0.3, 0.4) is 0 Å². The minimum absolute atomic E-state index is 0.201. The Balaban J connectivity index is 1.50. The molecule has 4 nitrogen and oxygen atoms in total. The molecule has 0 saturated carbocycles. The third kappa shape index (κ3) is 3.75. The minimum Gasteiger partial charge on any atom is -0.323 e. The van der Waals surface area contributed by atoms with E-state index in [-0.39, 0.29) is 30.5 Å². The van der Waals surface area contributed by atoms with Crippen LogP contribution in [0.2, 0.25) is 0 Å². The molecular formula is C25H20F3N3O. The molecule has 0 bridgehead atoms. The molecule has 2 heterocycles. The lowest BCUT2D eigenvalue weighted by molar-refractivity contribution is -0.137. The van der Waals surface area contributed by atoms with E-state index in [9.17, 15) is 18.0 Å². The molecule has 32 heavy (non-hydrogen) atoms. The molecule has 1 atom stereocenters.